The molecule has 5 aliphatic carbocycles. The molecule has 7 fully saturated rings. The fraction of sp³-hybridized carbons (Fsp3) is 1.00. The highest BCUT2D eigenvalue weighted by atomic mass is 16.7. The van der Waals surface area contributed by atoms with Crippen LogP contribution in [0.15, 0.2) is 0 Å². The van der Waals surface area contributed by atoms with Crippen molar-refractivity contribution >= 4 is 0 Å². The summed E-state index contributed by atoms with van der Waals surface area (Å²) in [5.41, 5.74) is -1.66. The smallest absolute Gasteiger partial charge is 0.187 e. The Bertz CT molecular complexity index is 1430. The molecule has 2 spiro atoms. The monoisotopic (exact) mass is 815 g/mol. The molecule has 5 saturated carbocycles. The zero-order valence-electron chi connectivity index (χ0n) is 35.1. The molecule has 2 aliphatic heterocycles. The molecule has 0 aromatic heterocycles. The summed E-state index contributed by atoms with van der Waals surface area (Å²) in [5.74, 6) is 0.975. The molecule has 5 unspecified atom stereocenters. The van der Waals surface area contributed by atoms with Crippen molar-refractivity contribution in [2.75, 3.05) is 13.2 Å². The van der Waals surface area contributed by atoms with E-state index in [1.807, 2.05) is 0 Å². The molecule has 14 nitrogen and oxygen atoms in total. The maximum atomic E-state index is 12.5. The summed E-state index contributed by atoms with van der Waals surface area (Å²) in [5, 5.41) is 106. The minimum absolute atomic E-state index is 0.0253. The third kappa shape index (κ3) is 6.64. The molecule has 22 atom stereocenters. The average Bonchev–Trinajstić information content (AvgIpc) is 3.73. The van der Waals surface area contributed by atoms with E-state index in [0.29, 0.717) is 18.8 Å². The second-order valence-electron chi connectivity index (χ2n) is 21.1. The Hall–Kier alpha value is -0.560. The molecule has 57 heavy (non-hydrogen) atoms. The lowest BCUT2D eigenvalue weighted by molar-refractivity contribution is -0.329. The van der Waals surface area contributed by atoms with Gasteiger partial charge in [-0.05, 0) is 135 Å². The highest BCUT2D eigenvalue weighted by Crippen LogP contribution is 2.89. The number of rotatable bonds is 12. The Balaban J connectivity index is 1.06. The first-order valence-corrected chi connectivity index (χ1v) is 21.9. The lowest BCUT2D eigenvalue weighted by atomic mass is 9.41. The molecule has 10 N–H and O–H groups in total. The minimum atomic E-state index is -1.57. The predicted octanol–water partition coefficient (Wildman–Crippen LogP) is 1.34. The lowest BCUT2D eigenvalue weighted by Crippen LogP contribution is -2.64. The number of fused-ring (bicyclic) bond motifs is 2. The van der Waals surface area contributed by atoms with Crippen molar-refractivity contribution < 1.29 is 70.0 Å². The molecule has 2 heterocycles. The highest BCUT2D eigenvalue weighted by molar-refractivity contribution is 5.32. The van der Waals surface area contributed by atoms with E-state index in [4.69, 9.17) is 18.9 Å². The van der Waals surface area contributed by atoms with Gasteiger partial charge >= 0.3 is 0 Å². The largest absolute Gasteiger partial charge is 0.394 e. The van der Waals surface area contributed by atoms with Gasteiger partial charge in [-0.2, -0.15) is 0 Å². The molecule has 2 saturated heterocycles. The molecule has 330 valence electrons. The number of hydrogen-bond donors (Lipinski definition) is 10. The molecule has 14 heteroatoms. The summed E-state index contributed by atoms with van der Waals surface area (Å²) >= 11 is 0. The van der Waals surface area contributed by atoms with Gasteiger partial charge in [0.15, 0.2) is 12.6 Å². The van der Waals surface area contributed by atoms with E-state index in [1.54, 1.807) is 13.8 Å². The Morgan fingerprint density at radius 3 is 1.89 bits per heavy atom. The highest BCUT2D eigenvalue weighted by Gasteiger charge is 2.84. The SMILES string of the molecule is CC[C@]1(C)C2C[C@H](O)C3C4(CC[C@]5(C)C([C@H](C)CC[C@@H](O[C@@H]6O[C@H](CO)[C@@H](O)[C@H](O)[C@H]6O)C(C)(C)O)CC[C@@]35C)CC24CC[C@@H]1O[C@@H]1O[C@H](CO)[C@@H](O)[C@H](O)[C@H]1O. The Kier molecular flexibility index (Phi) is 12.0. The van der Waals surface area contributed by atoms with Gasteiger partial charge in [-0.25, -0.2) is 0 Å². The maximum absolute atomic E-state index is 12.5. The van der Waals surface area contributed by atoms with Crippen LogP contribution in [-0.2, 0) is 18.9 Å². The van der Waals surface area contributed by atoms with Crippen LogP contribution >= 0.6 is 0 Å². The molecule has 7 rings (SSSR count). The van der Waals surface area contributed by atoms with Crippen molar-refractivity contribution in [2.45, 2.75) is 204 Å². The summed E-state index contributed by atoms with van der Waals surface area (Å²) < 4.78 is 24.1. The molecule has 0 aromatic carbocycles. The fourth-order valence-electron chi connectivity index (χ4n) is 14.7. The molecule has 0 bridgehead atoms. The van der Waals surface area contributed by atoms with Crippen molar-refractivity contribution in [2.24, 2.45) is 50.7 Å². The first-order chi connectivity index (χ1) is 26.6. The fourth-order valence-corrected chi connectivity index (χ4v) is 14.7. The van der Waals surface area contributed by atoms with Crippen LogP contribution in [0.1, 0.15) is 119 Å². The van der Waals surface area contributed by atoms with Crippen LogP contribution in [0, 0.1) is 50.7 Å². The van der Waals surface area contributed by atoms with E-state index in [2.05, 4.69) is 34.6 Å². The van der Waals surface area contributed by atoms with Crippen LogP contribution in [0.5, 0.6) is 0 Å². The molecular formula is C43H74O14. The van der Waals surface area contributed by atoms with Crippen LogP contribution in [0.3, 0.4) is 0 Å². The van der Waals surface area contributed by atoms with Gasteiger partial charge in [0.25, 0.3) is 0 Å². The summed E-state index contributed by atoms with van der Waals surface area (Å²) in [6.45, 7) is 13.8. The zero-order chi connectivity index (χ0) is 41.8. The van der Waals surface area contributed by atoms with Gasteiger partial charge in [0.2, 0.25) is 0 Å². The predicted molar refractivity (Wildman–Crippen MR) is 205 cm³/mol. The molecule has 7 aliphatic rings. The molecule has 0 aromatic rings. The van der Waals surface area contributed by atoms with Gasteiger partial charge < -0.3 is 70.0 Å². The normalized spacial score (nSPS) is 54.6. The second kappa shape index (κ2) is 15.4. The van der Waals surface area contributed by atoms with E-state index in [9.17, 15) is 51.1 Å². The van der Waals surface area contributed by atoms with E-state index in [-0.39, 0.29) is 50.9 Å². The van der Waals surface area contributed by atoms with E-state index in [1.165, 1.54) is 0 Å². The lowest BCUT2D eigenvalue weighted by Gasteiger charge is -2.65. The van der Waals surface area contributed by atoms with Gasteiger partial charge in [-0.3, -0.25) is 0 Å². The summed E-state index contributed by atoms with van der Waals surface area (Å²) in [4.78, 5) is 0. The molecule has 0 radical (unpaired) electrons. The average molecular weight is 815 g/mol. The minimum Gasteiger partial charge on any atom is -0.394 e. The second-order valence-corrected chi connectivity index (χ2v) is 21.1. The van der Waals surface area contributed by atoms with Gasteiger partial charge in [0.05, 0.1) is 37.1 Å². The van der Waals surface area contributed by atoms with Crippen molar-refractivity contribution in [1.82, 2.24) is 0 Å². The summed E-state index contributed by atoms with van der Waals surface area (Å²) in [6, 6.07) is 0. The first kappa shape index (κ1) is 44.5. The van der Waals surface area contributed by atoms with Gasteiger partial charge in [0, 0.05) is 0 Å². The van der Waals surface area contributed by atoms with Crippen molar-refractivity contribution in [3.8, 4) is 0 Å². The van der Waals surface area contributed by atoms with Crippen molar-refractivity contribution in [3.63, 3.8) is 0 Å². The number of aliphatic hydroxyl groups excluding tert-OH is 9. The van der Waals surface area contributed by atoms with Crippen LogP contribution in [-0.4, -0.2) is 150 Å². The van der Waals surface area contributed by atoms with E-state index in [0.717, 1.165) is 57.8 Å². The van der Waals surface area contributed by atoms with E-state index < -0.39 is 92.4 Å². The Morgan fingerprint density at radius 1 is 0.719 bits per heavy atom. The van der Waals surface area contributed by atoms with E-state index >= 15 is 0 Å². The Labute approximate surface area is 337 Å². The third-order valence-electron chi connectivity index (χ3n) is 18.3. The van der Waals surface area contributed by atoms with Gasteiger partial charge in [0.1, 0.15) is 48.8 Å². The standard InChI is InChI=1S/C43H74O14/c1-8-39(5)26-17-23(46)35-41(7)13-11-22(21(2)9-10-27(38(3,4)53)56-36-33(51)31(49)29(47)24(18-44)54-36)40(41,6)15-16-43(35)20-42(26,43)14-12-28(39)57-37-34(52)32(50)30(48)25(19-45)55-37/h21-37,44-53H,8-20H2,1-7H3/t21-,22?,23+,24-,25-,26?,27-,28+,29-,30-,31+,32+,33-,34-,35?,36+,37+,39-,40-,41+,42?,43?/m1/s1. The number of ether oxygens (including phenoxy) is 4. The molecule has 0 amide bonds. The number of aliphatic hydroxyl groups is 10. The van der Waals surface area contributed by atoms with Gasteiger partial charge in [-0.1, -0.05) is 34.6 Å². The van der Waals surface area contributed by atoms with Crippen molar-refractivity contribution in [3.05, 3.63) is 0 Å². The van der Waals surface area contributed by atoms with Crippen molar-refractivity contribution in [1.29, 1.82) is 0 Å². The summed E-state index contributed by atoms with van der Waals surface area (Å²) in [7, 11) is 0. The zero-order valence-corrected chi connectivity index (χ0v) is 35.1. The number of hydrogen-bond acceptors (Lipinski definition) is 14. The van der Waals surface area contributed by atoms with Crippen LogP contribution in [0.2, 0.25) is 0 Å². The van der Waals surface area contributed by atoms with Crippen LogP contribution in [0.4, 0.5) is 0 Å². The molecular weight excluding hydrogens is 740 g/mol. The van der Waals surface area contributed by atoms with Gasteiger partial charge in [-0.15, -0.1) is 0 Å². The first-order valence-electron chi connectivity index (χ1n) is 21.9. The topological polar surface area (TPSA) is 239 Å². The quantitative estimate of drug-likeness (QED) is 0.125. The summed E-state index contributed by atoms with van der Waals surface area (Å²) in [6.07, 6.45) is -5.66. The maximum Gasteiger partial charge on any atom is 0.187 e. The Morgan fingerprint density at radius 2 is 1.32 bits per heavy atom. The van der Waals surface area contributed by atoms with Crippen LogP contribution in [0.25, 0.3) is 0 Å². The third-order valence-corrected chi connectivity index (χ3v) is 18.3. The van der Waals surface area contributed by atoms with Crippen LogP contribution < -0.4 is 0 Å².